The number of hydrogen-bond acceptors (Lipinski definition) is 7. The molecule has 1 atom stereocenters. The van der Waals surface area contributed by atoms with E-state index in [-0.39, 0.29) is 36.4 Å². The molecule has 0 bridgehead atoms. The summed E-state index contributed by atoms with van der Waals surface area (Å²) < 4.78 is 5.23. The van der Waals surface area contributed by atoms with Crippen LogP contribution in [0.15, 0.2) is 81.3 Å². The number of para-hydroxylation sites is 1. The van der Waals surface area contributed by atoms with Crippen molar-refractivity contribution in [1.82, 2.24) is 10.2 Å². The second-order valence-corrected chi connectivity index (χ2v) is 9.44. The highest BCUT2D eigenvalue weighted by Gasteiger charge is 2.42. The van der Waals surface area contributed by atoms with Crippen LogP contribution in [0, 0.1) is 0 Å². The lowest BCUT2D eigenvalue weighted by Gasteiger charge is -2.25. The minimum Gasteiger partial charge on any atom is -0.467 e. The normalized spacial score (nSPS) is 16.0. The van der Waals surface area contributed by atoms with Crippen molar-refractivity contribution in [3.63, 3.8) is 0 Å². The maximum Gasteiger partial charge on any atom is 0.259 e. The molecule has 3 amide bonds. The van der Waals surface area contributed by atoms with Crippen LogP contribution >= 0.6 is 11.8 Å². The Morgan fingerprint density at radius 2 is 1.86 bits per heavy atom. The number of benzene rings is 2. The summed E-state index contributed by atoms with van der Waals surface area (Å²) in [5.41, 5.74) is 3.26. The first-order valence-corrected chi connectivity index (χ1v) is 12.9. The topological polar surface area (TPSA) is 116 Å². The standard InChI is InChI=1S/C27H25N5O4S/c1-2-17-9-11-18(12-10-17)29-24(34)16-37-27-31-21-8-4-3-7-20(21)25-30-22(26(35)32(25)27)14-23(33)28-15-19-6-5-13-36-19/h3-13,22H,2,14-16H2,1H3,(H,28,33)(H,29,34)/t22-/m0/s1. The zero-order chi connectivity index (χ0) is 25.8. The van der Waals surface area contributed by atoms with Crippen LogP contribution in [0.3, 0.4) is 0 Å². The number of hydrogen-bond donors (Lipinski definition) is 2. The predicted octanol–water partition coefficient (Wildman–Crippen LogP) is 3.88. The highest BCUT2D eigenvalue weighted by atomic mass is 32.2. The van der Waals surface area contributed by atoms with Gasteiger partial charge in [0.25, 0.3) is 5.91 Å². The zero-order valence-corrected chi connectivity index (χ0v) is 21.0. The van der Waals surface area contributed by atoms with E-state index in [0.29, 0.717) is 33.7 Å². The Kier molecular flexibility index (Phi) is 7.18. The lowest BCUT2D eigenvalue weighted by atomic mass is 10.1. The van der Waals surface area contributed by atoms with Crippen LogP contribution in [-0.4, -0.2) is 45.4 Å². The SMILES string of the molecule is CCc1ccc(NC(=O)CSC2=Nc3ccccc3C3=N[C@@H](CC(=O)NCc4ccco4)C(=O)N23)cc1. The molecule has 0 spiro atoms. The van der Waals surface area contributed by atoms with Crippen LogP contribution in [-0.2, 0) is 27.3 Å². The molecule has 2 aliphatic heterocycles. The third-order valence-corrected chi connectivity index (χ3v) is 6.88. The predicted molar refractivity (Wildman–Crippen MR) is 143 cm³/mol. The van der Waals surface area contributed by atoms with E-state index < -0.39 is 6.04 Å². The number of rotatable bonds is 8. The molecule has 0 fully saturated rings. The summed E-state index contributed by atoms with van der Waals surface area (Å²) in [4.78, 5) is 49.1. The number of amides is 3. The van der Waals surface area contributed by atoms with Crippen molar-refractivity contribution in [3.05, 3.63) is 83.8 Å². The Morgan fingerprint density at radius 3 is 2.62 bits per heavy atom. The van der Waals surface area contributed by atoms with Gasteiger partial charge >= 0.3 is 0 Å². The molecule has 3 aromatic rings. The number of furan rings is 1. The summed E-state index contributed by atoms with van der Waals surface area (Å²) in [5, 5.41) is 5.99. The molecule has 5 rings (SSSR count). The van der Waals surface area contributed by atoms with Crippen LogP contribution in [0.25, 0.3) is 0 Å². The number of nitrogens with zero attached hydrogens (tertiary/aromatic N) is 3. The number of fused-ring (bicyclic) bond motifs is 3. The van der Waals surface area contributed by atoms with E-state index in [4.69, 9.17) is 4.42 Å². The lowest BCUT2D eigenvalue weighted by molar-refractivity contribution is -0.128. The fourth-order valence-electron chi connectivity index (χ4n) is 4.03. The van der Waals surface area contributed by atoms with Gasteiger partial charge in [0.05, 0.1) is 30.7 Å². The Morgan fingerprint density at radius 1 is 1.05 bits per heavy atom. The van der Waals surface area contributed by atoms with E-state index in [0.717, 1.165) is 18.2 Å². The van der Waals surface area contributed by atoms with Gasteiger partial charge in [0.15, 0.2) is 5.17 Å². The average molecular weight is 516 g/mol. The first kappa shape index (κ1) is 24.5. The molecule has 37 heavy (non-hydrogen) atoms. The van der Waals surface area contributed by atoms with Gasteiger partial charge in [-0.15, -0.1) is 0 Å². The summed E-state index contributed by atoms with van der Waals surface area (Å²) in [6.07, 6.45) is 2.35. The highest BCUT2D eigenvalue weighted by Crippen LogP contribution is 2.34. The third-order valence-electron chi connectivity index (χ3n) is 5.94. The summed E-state index contributed by atoms with van der Waals surface area (Å²) in [6, 6.07) is 17.7. The number of aryl methyl sites for hydroxylation is 1. The molecule has 0 saturated heterocycles. The lowest BCUT2D eigenvalue weighted by Crippen LogP contribution is -2.42. The first-order chi connectivity index (χ1) is 18.0. The fraction of sp³-hybridized carbons (Fsp3) is 0.222. The number of thioether (sulfide) groups is 1. The van der Waals surface area contributed by atoms with Crippen molar-refractivity contribution < 1.29 is 18.8 Å². The maximum absolute atomic E-state index is 13.3. The molecule has 2 aliphatic rings. The highest BCUT2D eigenvalue weighted by molar-refractivity contribution is 8.14. The van der Waals surface area contributed by atoms with Gasteiger partial charge < -0.3 is 15.1 Å². The largest absolute Gasteiger partial charge is 0.467 e. The van der Waals surface area contributed by atoms with Crippen LogP contribution < -0.4 is 10.6 Å². The van der Waals surface area contributed by atoms with E-state index >= 15 is 0 Å². The van der Waals surface area contributed by atoms with Crippen molar-refractivity contribution in [2.45, 2.75) is 32.4 Å². The number of carbonyl (C=O) groups is 3. The number of amidine groups is 2. The maximum atomic E-state index is 13.3. The smallest absolute Gasteiger partial charge is 0.259 e. The van der Waals surface area contributed by atoms with Gasteiger partial charge in [-0.3, -0.25) is 19.4 Å². The van der Waals surface area contributed by atoms with Gasteiger partial charge in [0, 0.05) is 11.3 Å². The monoisotopic (exact) mass is 515 g/mol. The molecule has 10 heteroatoms. The van der Waals surface area contributed by atoms with Crippen molar-refractivity contribution >= 4 is 51.9 Å². The molecule has 0 unspecified atom stereocenters. The molecular formula is C27H25N5O4S. The first-order valence-electron chi connectivity index (χ1n) is 11.9. The molecule has 2 N–H and O–H groups in total. The van der Waals surface area contributed by atoms with Gasteiger partial charge in [-0.1, -0.05) is 43.0 Å². The van der Waals surface area contributed by atoms with Gasteiger partial charge in [-0.25, -0.2) is 9.89 Å². The summed E-state index contributed by atoms with van der Waals surface area (Å²) in [7, 11) is 0. The summed E-state index contributed by atoms with van der Waals surface area (Å²) >= 11 is 1.15. The molecule has 188 valence electrons. The molecule has 0 radical (unpaired) electrons. The van der Waals surface area contributed by atoms with Crippen molar-refractivity contribution in [1.29, 1.82) is 0 Å². The molecule has 9 nitrogen and oxygen atoms in total. The minimum absolute atomic E-state index is 0.0574. The van der Waals surface area contributed by atoms with Crippen LogP contribution in [0.2, 0.25) is 0 Å². The number of anilines is 1. The van der Waals surface area contributed by atoms with Gasteiger partial charge in [-0.05, 0) is 48.4 Å². The third kappa shape index (κ3) is 5.49. The van der Waals surface area contributed by atoms with Crippen LogP contribution in [0.5, 0.6) is 0 Å². The van der Waals surface area contributed by atoms with Crippen molar-refractivity contribution in [2.75, 3.05) is 11.1 Å². The van der Waals surface area contributed by atoms with E-state index in [1.165, 1.54) is 16.7 Å². The Balaban J connectivity index is 1.27. The molecule has 0 saturated carbocycles. The molecule has 1 aromatic heterocycles. The average Bonchev–Trinajstić information content (AvgIpc) is 3.55. The second kappa shape index (κ2) is 10.8. The molecule has 3 heterocycles. The van der Waals surface area contributed by atoms with E-state index in [1.807, 2.05) is 48.5 Å². The second-order valence-electron chi connectivity index (χ2n) is 8.50. The molecule has 2 aromatic carbocycles. The van der Waals surface area contributed by atoms with Crippen molar-refractivity contribution in [2.24, 2.45) is 9.98 Å². The van der Waals surface area contributed by atoms with E-state index in [1.54, 1.807) is 12.1 Å². The number of carbonyl (C=O) groups excluding carboxylic acids is 3. The Bertz CT molecular complexity index is 1380. The van der Waals surface area contributed by atoms with Gasteiger partial charge in [-0.2, -0.15) is 0 Å². The summed E-state index contributed by atoms with van der Waals surface area (Å²) in [6.45, 7) is 2.30. The van der Waals surface area contributed by atoms with E-state index in [9.17, 15) is 14.4 Å². The number of aliphatic imine (C=N–C) groups is 2. The summed E-state index contributed by atoms with van der Waals surface area (Å²) in [5.74, 6) is 0.245. The van der Waals surface area contributed by atoms with Crippen LogP contribution in [0.4, 0.5) is 11.4 Å². The quantitative estimate of drug-likeness (QED) is 0.472. The van der Waals surface area contributed by atoms with Crippen LogP contribution in [0.1, 0.15) is 30.2 Å². The van der Waals surface area contributed by atoms with E-state index in [2.05, 4.69) is 27.5 Å². The number of nitrogens with one attached hydrogen (secondary N) is 2. The molecular weight excluding hydrogens is 490 g/mol. The fourth-order valence-corrected chi connectivity index (χ4v) is 4.83. The molecule has 0 aliphatic carbocycles. The van der Waals surface area contributed by atoms with Gasteiger partial charge in [0.2, 0.25) is 11.8 Å². The Hall–Kier alpha value is -4.18. The van der Waals surface area contributed by atoms with Crippen molar-refractivity contribution in [3.8, 4) is 0 Å². The van der Waals surface area contributed by atoms with Gasteiger partial charge in [0.1, 0.15) is 17.6 Å². The minimum atomic E-state index is -0.880. The Labute approximate surface area is 218 Å². The zero-order valence-electron chi connectivity index (χ0n) is 20.1.